The maximum Gasteiger partial charge on any atom is 0.415 e. The molecule has 0 amide bonds. The van der Waals surface area contributed by atoms with Crippen molar-refractivity contribution in [3.8, 4) is 0 Å². The second kappa shape index (κ2) is 5.88. The Hall–Kier alpha value is -1.14. The fourth-order valence-corrected chi connectivity index (χ4v) is 2.53. The van der Waals surface area contributed by atoms with Gasteiger partial charge in [-0.15, -0.1) is 0 Å². The Morgan fingerprint density at radius 2 is 2.05 bits per heavy atom. The van der Waals surface area contributed by atoms with Crippen molar-refractivity contribution >= 4 is 0 Å². The summed E-state index contributed by atoms with van der Waals surface area (Å²) >= 11 is 0. The van der Waals surface area contributed by atoms with Crippen molar-refractivity contribution in [1.82, 2.24) is 9.88 Å². The van der Waals surface area contributed by atoms with E-state index in [-0.39, 0.29) is 0 Å². The molecule has 1 aromatic heterocycles. The first-order chi connectivity index (χ1) is 8.98. The zero-order valence-corrected chi connectivity index (χ0v) is 10.5. The second-order valence-corrected chi connectivity index (χ2v) is 4.84. The summed E-state index contributed by atoms with van der Waals surface area (Å²) in [5, 5.41) is 9.38. The van der Waals surface area contributed by atoms with Gasteiger partial charge in [0.25, 0.3) is 0 Å². The zero-order chi connectivity index (χ0) is 13.9. The van der Waals surface area contributed by atoms with Crippen molar-refractivity contribution in [2.24, 2.45) is 0 Å². The number of nitrogens with zero attached hydrogens (tertiary/aromatic N) is 2. The van der Waals surface area contributed by atoms with Gasteiger partial charge in [0.15, 0.2) is 6.10 Å². The quantitative estimate of drug-likeness (QED) is 0.912. The maximum atomic E-state index is 12.6. The molecule has 1 saturated heterocycles. The fourth-order valence-electron chi connectivity index (χ4n) is 2.53. The molecule has 106 valence electrons. The smallest absolute Gasteiger partial charge is 0.382 e. The summed E-state index contributed by atoms with van der Waals surface area (Å²) in [4.78, 5) is 5.63. The van der Waals surface area contributed by atoms with Crippen LogP contribution in [-0.4, -0.2) is 46.4 Å². The summed E-state index contributed by atoms with van der Waals surface area (Å²) in [5.41, 5.74) is 1.04. The molecule has 1 fully saturated rings. The van der Waals surface area contributed by atoms with E-state index in [1.807, 2.05) is 12.1 Å². The van der Waals surface area contributed by atoms with Crippen molar-refractivity contribution in [1.29, 1.82) is 0 Å². The van der Waals surface area contributed by atoms with E-state index in [0.29, 0.717) is 32.4 Å². The number of likely N-dealkylation sites (tertiary alicyclic amines) is 1. The molecule has 1 aliphatic rings. The number of hydrogen-bond donors (Lipinski definition) is 1. The third-order valence-electron chi connectivity index (χ3n) is 3.55. The van der Waals surface area contributed by atoms with Crippen molar-refractivity contribution in [2.45, 2.75) is 37.6 Å². The maximum absolute atomic E-state index is 12.6. The van der Waals surface area contributed by atoms with Crippen molar-refractivity contribution in [2.75, 3.05) is 13.1 Å². The summed E-state index contributed by atoms with van der Waals surface area (Å²) < 4.78 is 37.7. The number of aliphatic hydroxyl groups is 1. The lowest BCUT2D eigenvalue weighted by atomic mass is 10.1. The molecule has 1 aromatic rings. The van der Waals surface area contributed by atoms with Crippen molar-refractivity contribution in [3.05, 3.63) is 30.1 Å². The first-order valence-electron chi connectivity index (χ1n) is 6.36. The highest BCUT2D eigenvalue weighted by atomic mass is 19.4. The van der Waals surface area contributed by atoms with E-state index < -0.39 is 18.3 Å². The second-order valence-electron chi connectivity index (χ2n) is 4.84. The highest BCUT2D eigenvalue weighted by Crippen LogP contribution is 2.30. The van der Waals surface area contributed by atoms with Crippen LogP contribution in [0.5, 0.6) is 0 Å². The first-order valence-corrected chi connectivity index (χ1v) is 6.36. The Bertz CT molecular complexity index is 397. The highest BCUT2D eigenvalue weighted by Gasteiger charge is 2.46. The lowest BCUT2D eigenvalue weighted by Crippen LogP contribution is -2.47. The molecule has 2 atom stereocenters. The van der Waals surface area contributed by atoms with Crippen LogP contribution in [0.2, 0.25) is 0 Å². The van der Waals surface area contributed by atoms with Crippen LogP contribution >= 0.6 is 0 Å². The number of aliphatic hydroxyl groups excluding tert-OH is 1. The van der Waals surface area contributed by atoms with Gasteiger partial charge in [-0.1, -0.05) is 0 Å². The Balaban J connectivity index is 1.92. The first kappa shape index (κ1) is 14.3. The van der Waals surface area contributed by atoms with Gasteiger partial charge in [-0.05, 0) is 43.5 Å². The van der Waals surface area contributed by atoms with Gasteiger partial charge in [-0.3, -0.25) is 9.88 Å². The van der Waals surface area contributed by atoms with E-state index >= 15 is 0 Å². The number of halogens is 3. The summed E-state index contributed by atoms with van der Waals surface area (Å²) in [7, 11) is 0. The summed E-state index contributed by atoms with van der Waals surface area (Å²) in [5.74, 6) is 0. The molecule has 1 aliphatic heterocycles. The Labute approximate surface area is 110 Å². The summed E-state index contributed by atoms with van der Waals surface area (Å²) in [6.45, 7) is 1.14. The molecule has 0 radical (unpaired) electrons. The number of rotatable bonds is 4. The molecule has 1 N–H and O–H groups in total. The number of alkyl halides is 3. The molecule has 2 rings (SSSR count). The lowest BCUT2D eigenvalue weighted by Gasteiger charge is -2.29. The predicted octanol–water partition coefficient (Wildman–Crippen LogP) is 2.01. The zero-order valence-electron chi connectivity index (χ0n) is 10.5. The summed E-state index contributed by atoms with van der Waals surface area (Å²) in [6, 6.07) is 2.90. The van der Waals surface area contributed by atoms with Gasteiger partial charge >= 0.3 is 6.18 Å². The third kappa shape index (κ3) is 3.67. The molecule has 0 aliphatic carbocycles. The van der Waals surface area contributed by atoms with Gasteiger partial charge in [0.05, 0.1) is 0 Å². The molecular formula is C13H17F3N2O. The monoisotopic (exact) mass is 274 g/mol. The molecule has 0 bridgehead atoms. The van der Waals surface area contributed by atoms with Crippen LogP contribution in [0.1, 0.15) is 18.4 Å². The minimum atomic E-state index is -4.54. The molecule has 0 aromatic carbocycles. The van der Waals surface area contributed by atoms with Gasteiger partial charge < -0.3 is 5.11 Å². The molecular weight excluding hydrogens is 257 g/mol. The summed E-state index contributed by atoms with van der Waals surface area (Å²) in [6.07, 6.45) is -1.67. The van der Waals surface area contributed by atoms with Crippen LogP contribution in [0.25, 0.3) is 0 Å². The third-order valence-corrected chi connectivity index (χ3v) is 3.55. The average molecular weight is 274 g/mol. The number of aromatic nitrogens is 1. The molecule has 0 saturated carbocycles. The normalized spacial score (nSPS) is 22.6. The van der Waals surface area contributed by atoms with E-state index in [4.69, 9.17) is 0 Å². The predicted molar refractivity (Wildman–Crippen MR) is 64.6 cm³/mol. The van der Waals surface area contributed by atoms with Gasteiger partial charge in [-0.2, -0.15) is 13.2 Å². The number of pyridine rings is 1. The van der Waals surface area contributed by atoms with Crippen molar-refractivity contribution in [3.63, 3.8) is 0 Å². The minimum absolute atomic E-state index is 0.400. The highest BCUT2D eigenvalue weighted by molar-refractivity contribution is 5.10. The molecule has 6 heteroatoms. The molecule has 0 unspecified atom stereocenters. The van der Waals surface area contributed by atoms with E-state index in [0.717, 1.165) is 5.56 Å². The van der Waals surface area contributed by atoms with Crippen LogP contribution in [0, 0.1) is 0 Å². The van der Waals surface area contributed by atoms with Crippen LogP contribution in [0.3, 0.4) is 0 Å². The average Bonchev–Trinajstić information content (AvgIpc) is 2.83. The van der Waals surface area contributed by atoms with E-state index in [9.17, 15) is 18.3 Å². The van der Waals surface area contributed by atoms with Gasteiger partial charge in [0.1, 0.15) is 0 Å². The van der Waals surface area contributed by atoms with Crippen LogP contribution in [0.15, 0.2) is 24.5 Å². The van der Waals surface area contributed by atoms with Gasteiger partial charge in [0.2, 0.25) is 0 Å². The van der Waals surface area contributed by atoms with Crippen LogP contribution in [-0.2, 0) is 6.42 Å². The van der Waals surface area contributed by atoms with E-state index in [1.54, 1.807) is 17.3 Å². The molecule has 0 spiro atoms. The van der Waals surface area contributed by atoms with Crippen LogP contribution < -0.4 is 0 Å². The van der Waals surface area contributed by atoms with E-state index in [2.05, 4.69) is 4.98 Å². The Morgan fingerprint density at radius 1 is 1.37 bits per heavy atom. The van der Waals surface area contributed by atoms with Gasteiger partial charge in [-0.25, -0.2) is 0 Å². The standard InChI is InChI=1S/C13H17F3N2O/c14-13(15,16)12(19)11-2-1-8-18(11)9-5-10-3-6-17-7-4-10/h3-4,6-7,11-12,19H,1-2,5,8-9H2/t11-,12-/m1/s1. The topological polar surface area (TPSA) is 36.4 Å². The lowest BCUT2D eigenvalue weighted by molar-refractivity contribution is -0.219. The Kier molecular flexibility index (Phi) is 4.42. The molecule has 3 nitrogen and oxygen atoms in total. The van der Waals surface area contributed by atoms with Gasteiger partial charge in [0, 0.05) is 25.0 Å². The SMILES string of the molecule is O[C@H]([C@H]1CCCN1CCc1ccncc1)C(F)(F)F. The Morgan fingerprint density at radius 3 is 2.68 bits per heavy atom. The van der Waals surface area contributed by atoms with E-state index in [1.165, 1.54) is 0 Å². The molecule has 2 heterocycles. The molecule has 19 heavy (non-hydrogen) atoms. The minimum Gasteiger partial charge on any atom is -0.382 e. The largest absolute Gasteiger partial charge is 0.415 e. The number of hydrogen-bond acceptors (Lipinski definition) is 3. The fraction of sp³-hybridized carbons (Fsp3) is 0.615. The van der Waals surface area contributed by atoms with Crippen LogP contribution in [0.4, 0.5) is 13.2 Å². The van der Waals surface area contributed by atoms with Crippen molar-refractivity contribution < 1.29 is 18.3 Å².